The van der Waals surface area contributed by atoms with Gasteiger partial charge >= 0.3 is 0 Å². The maximum atomic E-state index is 13.4. The lowest BCUT2D eigenvalue weighted by atomic mass is 9.85. The van der Waals surface area contributed by atoms with Crippen molar-refractivity contribution in [3.63, 3.8) is 0 Å². The third-order valence-electron chi connectivity index (χ3n) is 4.14. The second kappa shape index (κ2) is 5.37. The van der Waals surface area contributed by atoms with E-state index in [4.69, 9.17) is 4.42 Å². The summed E-state index contributed by atoms with van der Waals surface area (Å²) in [5, 5.41) is 0. The van der Waals surface area contributed by atoms with Crippen LogP contribution >= 0.6 is 0 Å². The third kappa shape index (κ3) is 2.41. The quantitative estimate of drug-likeness (QED) is 0.712. The Bertz CT molecular complexity index is 798. The third-order valence-corrected chi connectivity index (χ3v) is 4.14. The number of hydrogen-bond acceptors (Lipinski definition) is 3. The normalized spacial score (nSPS) is 17.2. The lowest BCUT2D eigenvalue weighted by molar-refractivity contribution is 0.463. The number of oxazole rings is 1. The van der Waals surface area contributed by atoms with Crippen LogP contribution < -0.4 is 0 Å². The van der Waals surface area contributed by atoms with E-state index in [-0.39, 0.29) is 5.82 Å². The number of benzene rings is 1. The van der Waals surface area contributed by atoms with Crippen molar-refractivity contribution in [3.8, 4) is 11.6 Å². The summed E-state index contributed by atoms with van der Waals surface area (Å²) in [6.45, 7) is 0. The molecule has 2 aromatic heterocycles. The number of fused-ring (bicyclic) bond motifs is 1. The summed E-state index contributed by atoms with van der Waals surface area (Å²) in [6.07, 6.45) is 4.30. The summed E-state index contributed by atoms with van der Waals surface area (Å²) < 4.78 is 19.3. The molecule has 1 aliphatic carbocycles. The molecule has 0 saturated heterocycles. The zero-order valence-electron chi connectivity index (χ0n) is 12.0. The van der Waals surface area contributed by atoms with Gasteiger partial charge in [0.05, 0.1) is 5.69 Å². The molecule has 110 valence electrons. The molecule has 0 aliphatic heterocycles. The van der Waals surface area contributed by atoms with Gasteiger partial charge in [0.2, 0.25) is 5.89 Å². The fraction of sp³-hybridized carbons (Fsp3) is 0.222. The predicted octanol–water partition coefficient (Wildman–Crippen LogP) is 4.15. The maximum Gasteiger partial charge on any atom is 0.245 e. The summed E-state index contributed by atoms with van der Waals surface area (Å²) >= 11 is 0. The Morgan fingerprint density at radius 1 is 1.14 bits per heavy atom. The van der Waals surface area contributed by atoms with Gasteiger partial charge in [-0.15, -0.1) is 0 Å². The Morgan fingerprint density at radius 2 is 2.09 bits per heavy atom. The summed E-state index contributed by atoms with van der Waals surface area (Å²) in [4.78, 5) is 8.87. The molecule has 3 aromatic rings. The number of hydrogen-bond donors (Lipinski definition) is 0. The molecule has 0 fully saturated rings. The molecule has 0 radical (unpaired) electrons. The molecule has 1 unspecified atom stereocenters. The monoisotopic (exact) mass is 294 g/mol. The SMILES string of the molecule is Fc1cccc(C2CCc3oc(-c4ccccn4)nc3C2)c1. The number of nitrogens with zero attached hydrogens (tertiary/aromatic N) is 2. The molecule has 0 N–H and O–H groups in total. The number of aryl methyl sites for hydroxylation is 1. The molecule has 1 atom stereocenters. The lowest BCUT2D eigenvalue weighted by Gasteiger charge is -2.20. The van der Waals surface area contributed by atoms with E-state index in [1.165, 1.54) is 6.07 Å². The van der Waals surface area contributed by atoms with Crippen LogP contribution in [0.3, 0.4) is 0 Å². The van der Waals surface area contributed by atoms with Gasteiger partial charge in [0.25, 0.3) is 0 Å². The molecule has 0 saturated carbocycles. The first-order chi connectivity index (χ1) is 10.8. The molecule has 22 heavy (non-hydrogen) atoms. The van der Waals surface area contributed by atoms with Crippen LogP contribution in [0.5, 0.6) is 0 Å². The van der Waals surface area contributed by atoms with E-state index in [0.717, 1.165) is 42.0 Å². The molecule has 1 aliphatic rings. The van der Waals surface area contributed by atoms with Crippen LogP contribution in [0.25, 0.3) is 11.6 Å². The first-order valence-corrected chi connectivity index (χ1v) is 7.45. The minimum absolute atomic E-state index is 0.183. The Morgan fingerprint density at radius 3 is 2.91 bits per heavy atom. The highest BCUT2D eigenvalue weighted by Gasteiger charge is 2.25. The molecule has 0 bridgehead atoms. The van der Waals surface area contributed by atoms with Gasteiger partial charge in [-0.05, 0) is 42.2 Å². The number of aromatic nitrogens is 2. The number of rotatable bonds is 2. The Balaban J connectivity index is 1.63. The topological polar surface area (TPSA) is 38.9 Å². The van der Waals surface area contributed by atoms with E-state index in [2.05, 4.69) is 9.97 Å². The van der Waals surface area contributed by atoms with E-state index in [0.29, 0.717) is 11.8 Å². The lowest BCUT2D eigenvalue weighted by Crippen LogP contribution is -2.12. The van der Waals surface area contributed by atoms with Gasteiger partial charge in [-0.3, -0.25) is 4.98 Å². The average molecular weight is 294 g/mol. The molecule has 4 heteroatoms. The zero-order valence-corrected chi connectivity index (χ0v) is 12.0. The highest BCUT2D eigenvalue weighted by molar-refractivity contribution is 5.47. The summed E-state index contributed by atoms with van der Waals surface area (Å²) in [5.74, 6) is 1.63. The smallest absolute Gasteiger partial charge is 0.245 e. The van der Waals surface area contributed by atoms with Gasteiger partial charge in [-0.25, -0.2) is 9.37 Å². The van der Waals surface area contributed by atoms with Crippen molar-refractivity contribution in [2.75, 3.05) is 0 Å². The van der Waals surface area contributed by atoms with Crippen LogP contribution in [0.15, 0.2) is 53.1 Å². The van der Waals surface area contributed by atoms with E-state index < -0.39 is 0 Å². The Hall–Kier alpha value is -2.49. The van der Waals surface area contributed by atoms with Crippen LogP contribution in [0.4, 0.5) is 4.39 Å². The first-order valence-electron chi connectivity index (χ1n) is 7.45. The van der Waals surface area contributed by atoms with Crippen LogP contribution in [-0.2, 0) is 12.8 Å². The summed E-state index contributed by atoms with van der Waals surface area (Å²) in [5.41, 5.74) is 2.76. The van der Waals surface area contributed by atoms with Crippen molar-refractivity contribution in [1.29, 1.82) is 0 Å². The van der Waals surface area contributed by atoms with Crippen molar-refractivity contribution >= 4 is 0 Å². The van der Waals surface area contributed by atoms with Gasteiger partial charge < -0.3 is 4.42 Å². The van der Waals surface area contributed by atoms with Gasteiger partial charge in [0.15, 0.2) is 0 Å². The average Bonchev–Trinajstić information content (AvgIpc) is 2.99. The van der Waals surface area contributed by atoms with Gasteiger partial charge in [-0.1, -0.05) is 18.2 Å². The molecule has 2 heterocycles. The molecule has 3 nitrogen and oxygen atoms in total. The fourth-order valence-corrected chi connectivity index (χ4v) is 3.02. The Kier molecular flexibility index (Phi) is 3.22. The maximum absolute atomic E-state index is 13.4. The largest absolute Gasteiger partial charge is 0.440 e. The van der Waals surface area contributed by atoms with E-state index in [1.807, 2.05) is 24.3 Å². The zero-order chi connectivity index (χ0) is 14.9. The van der Waals surface area contributed by atoms with Gasteiger partial charge in [0.1, 0.15) is 17.3 Å². The van der Waals surface area contributed by atoms with Gasteiger partial charge in [0, 0.05) is 19.0 Å². The Labute approximate surface area is 127 Å². The molecular formula is C18H15FN2O. The van der Waals surface area contributed by atoms with Crippen LogP contribution in [0, 0.1) is 5.82 Å². The van der Waals surface area contributed by atoms with E-state index in [9.17, 15) is 4.39 Å². The van der Waals surface area contributed by atoms with Crippen LogP contribution in [0.2, 0.25) is 0 Å². The van der Waals surface area contributed by atoms with E-state index in [1.54, 1.807) is 18.3 Å². The first kappa shape index (κ1) is 13.2. The standard InChI is InChI=1S/C18H15FN2O/c19-14-5-3-4-12(10-14)13-7-8-17-16(11-13)21-18(22-17)15-6-1-2-9-20-15/h1-6,9-10,13H,7-8,11H2. The molecule has 0 spiro atoms. The van der Waals surface area contributed by atoms with Crippen LogP contribution in [-0.4, -0.2) is 9.97 Å². The number of pyridine rings is 1. The highest BCUT2D eigenvalue weighted by Crippen LogP contribution is 2.34. The summed E-state index contributed by atoms with van der Waals surface area (Å²) in [7, 11) is 0. The second-order valence-electron chi connectivity index (χ2n) is 5.60. The fourth-order valence-electron chi connectivity index (χ4n) is 3.02. The van der Waals surface area contributed by atoms with Crippen molar-refractivity contribution in [1.82, 2.24) is 9.97 Å². The molecule has 1 aromatic carbocycles. The van der Waals surface area contributed by atoms with Crippen molar-refractivity contribution in [2.45, 2.75) is 25.2 Å². The van der Waals surface area contributed by atoms with Crippen molar-refractivity contribution in [3.05, 3.63) is 71.5 Å². The molecule has 4 rings (SSSR count). The van der Waals surface area contributed by atoms with Crippen LogP contribution in [0.1, 0.15) is 29.4 Å². The minimum Gasteiger partial charge on any atom is -0.440 e. The highest BCUT2D eigenvalue weighted by atomic mass is 19.1. The predicted molar refractivity (Wildman–Crippen MR) is 80.9 cm³/mol. The van der Waals surface area contributed by atoms with E-state index >= 15 is 0 Å². The van der Waals surface area contributed by atoms with Gasteiger partial charge in [-0.2, -0.15) is 0 Å². The second-order valence-corrected chi connectivity index (χ2v) is 5.60. The minimum atomic E-state index is -0.183. The van der Waals surface area contributed by atoms with Crippen molar-refractivity contribution < 1.29 is 8.81 Å². The van der Waals surface area contributed by atoms with Crippen molar-refractivity contribution in [2.24, 2.45) is 0 Å². The number of halogens is 1. The molecule has 0 amide bonds. The summed E-state index contributed by atoms with van der Waals surface area (Å²) in [6, 6.07) is 12.5. The molecular weight excluding hydrogens is 279 g/mol.